The fourth-order valence-corrected chi connectivity index (χ4v) is 3.23. The van der Waals surface area contributed by atoms with Gasteiger partial charge >= 0.3 is 0 Å². The quantitative estimate of drug-likeness (QED) is 0.855. The Kier molecular flexibility index (Phi) is 3.04. The number of benzene rings is 1. The van der Waals surface area contributed by atoms with Crippen LogP contribution in [0.25, 0.3) is 11.0 Å². The number of hydrogen-bond acceptors (Lipinski definition) is 2. The zero-order valence-corrected chi connectivity index (χ0v) is 11.6. The maximum Gasteiger partial charge on any atom is 0.126 e. The van der Waals surface area contributed by atoms with Crippen LogP contribution in [-0.2, 0) is 7.05 Å². The lowest BCUT2D eigenvalue weighted by atomic mass is 10.0. The lowest BCUT2D eigenvalue weighted by Gasteiger charge is -2.22. The van der Waals surface area contributed by atoms with E-state index in [4.69, 9.17) is 16.6 Å². The second kappa shape index (κ2) is 4.56. The van der Waals surface area contributed by atoms with Crippen molar-refractivity contribution in [1.29, 1.82) is 0 Å². The van der Waals surface area contributed by atoms with E-state index in [0.717, 1.165) is 40.4 Å². The molecule has 3 rings (SSSR count). The number of aromatic nitrogens is 2. The molecule has 1 aliphatic rings. The van der Waals surface area contributed by atoms with Gasteiger partial charge in [-0.3, -0.25) is 0 Å². The van der Waals surface area contributed by atoms with Crippen molar-refractivity contribution in [3.8, 4) is 0 Å². The van der Waals surface area contributed by atoms with E-state index >= 15 is 0 Å². The van der Waals surface area contributed by atoms with E-state index < -0.39 is 0 Å². The zero-order chi connectivity index (χ0) is 12.7. The Bertz CT molecular complexity index is 582. The van der Waals surface area contributed by atoms with Gasteiger partial charge < -0.3 is 9.88 Å². The average molecular weight is 264 g/mol. The van der Waals surface area contributed by atoms with Gasteiger partial charge in [0.25, 0.3) is 0 Å². The normalized spacial score (nSPS) is 20.5. The van der Waals surface area contributed by atoms with Crippen LogP contribution in [-0.4, -0.2) is 16.1 Å². The highest BCUT2D eigenvalue weighted by Crippen LogP contribution is 2.30. The zero-order valence-electron chi connectivity index (χ0n) is 10.8. The van der Waals surface area contributed by atoms with Gasteiger partial charge in [-0.15, -0.1) is 0 Å². The summed E-state index contributed by atoms with van der Waals surface area (Å²) in [5.74, 6) is 1.11. The van der Waals surface area contributed by atoms with Gasteiger partial charge in [0, 0.05) is 7.05 Å². The first kappa shape index (κ1) is 12.0. The number of rotatable bonds is 1. The lowest BCUT2D eigenvalue weighted by Crippen LogP contribution is -2.28. The summed E-state index contributed by atoms with van der Waals surface area (Å²) in [6.45, 7) is 3.14. The van der Waals surface area contributed by atoms with Gasteiger partial charge in [0.1, 0.15) is 5.82 Å². The van der Waals surface area contributed by atoms with E-state index in [1.54, 1.807) is 0 Å². The van der Waals surface area contributed by atoms with E-state index in [-0.39, 0.29) is 0 Å². The molecule has 1 aromatic carbocycles. The van der Waals surface area contributed by atoms with Gasteiger partial charge in [-0.1, -0.05) is 18.0 Å². The van der Waals surface area contributed by atoms with Gasteiger partial charge in [0.15, 0.2) is 0 Å². The summed E-state index contributed by atoms with van der Waals surface area (Å²) in [5.41, 5.74) is 3.21. The number of nitrogens with one attached hydrogen (secondary N) is 1. The molecular weight excluding hydrogens is 246 g/mol. The molecular formula is C14H18ClN3. The molecule has 0 bridgehead atoms. The van der Waals surface area contributed by atoms with Crippen LogP contribution in [0.3, 0.4) is 0 Å². The molecule has 1 unspecified atom stereocenters. The van der Waals surface area contributed by atoms with Crippen molar-refractivity contribution in [2.45, 2.75) is 32.2 Å². The number of fused-ring (bicyclic) bond motifs is 1. The van der Waals surface area contributed by atoms with Crippen molar-refractivity contribution in [1.82, 2.24) is 14.9 Å². The third kappa shape index (κ3) is 1.91. The molecule has 1 atom stereocenters. The molecule has 4 heteroatoms. The molecule has 0 radical (unpaired) electrons. The SMILES string of the molecule is Cc1cc(Cl)c2c(c1)nc(C1CCCCN1)n2C. The number of imidazole rings is 1. The Morgan fingerprint density at radius 2 is 2.22 bits per heavy atom. The number of aryl methyl sites for hydroxylation is 2. The van der Waals surface area contributed by atoms with Crippen molar-refractivity contribution in [2.75, 3.05) is 6.54 Å². The van der Waals surface area contributed by atoms with Gasteiger partial charge in [0.2, 0.25) is 0 Å². The highest BCUT2D eigenvalue weighted by atomic mass is 35.5. The fraction of sp³-hybridized carbons (Fsp3) is 0.500. The fourth-order valence-electron chi connectivity index (χ4n) is 2.83. The minimum atomic E-state index is 0.368. The molecule has 1 aromatic heterocycles. The molecule has 3 nitrogen and oxygen atoms in total. The Morgan fingerprint density at radius 1 is 1.39 bits per heavy atom. The molecule has 18 heavy (non-hydrogen) atoms. The molecule has 0 saturated carbocycles. The highest BCUT2D eigenvalue weighted by Gasteiger charge is 2.21. The van der Waals surface area contributed by atoms with Crippen LogP contribution in [0.5, 0.6) is 0 Å². The van der Waals surface area contributed by atoms with E-state index in [9.17, 15) is 0 Å². The summed E-state index contributed by atoms with van der Waals surface area (Å²) in [6, 6.07) is 4.48. The molecule has 1 saturated heterocycles. The third-order valence-electron chi connectivity index (χ3n) is 3.72. The summed E-state index contributed by atoms with van der Waals surface area (Å²) < 4.78 is 2.14. The molecule has 0 amide bonds. The average Bonchev–Trinajstić information content (AvgIpc) is 2.67. The number of hydrogen-bond donors (Lipinski definition) is 1. The first-order chi connectivity index (χ1) is 8.66. The van der Waals surface area contributed by atoms with Crippen molar-refractivity contribution >= 4 is 22.6 Å². The number of nitrogens with zero attached hydrogens (tertiary/aromatic N) is 2. The first-order valence-corrected chi connectivity index (χ1v) is 6.90. The van der Waals surface area contributed by atoms with E-state index in [2.05, 4.69) is 29.9 Å². The Labute approximate surface area is 112 Å². The monoisotopic (exact) mass is 263 g/mol. The largest absolute Gasteiger partial charge is 0.329 e. The molecule has 1 aliphatic heterocycles. The summed E-state index contributed by atoms with van der Waals surface area (Å²) in [7, 11) is 2.06. The smallest absolute Gasteiger partial charge is 0.126 e. The van der Waals surface area contributed by atoms with Crippen molar-refractivity contribution in [3.05, 3.63) is 28.5 Å². The topological polar surface area (TPSA) is 29.9 Å². The van der Waals surface area contributed by atoms with E-state index in [1.165, 1.54) is 12.8 Å². The van der Waals surface area contributed by atoms with Crippen molar-refractivity contribution < 1.29 is 0 Å². The van der Waals surface area contributed by atoms with Crippen molar-refractivity contribution in [3.63, 3.8) is 0 Å². The molecule has 0 spiro atoms. The first-order valence-electron chi connectivity index (χ1n) is 6.52. The molecule has 1 N–H and O–H groups in total. The van der Waals surface area contributed by atoms with Gasteiger partial charge in [-0.2, -0.15) is 0 Å². The van der Waals surface area contributed by atoms with E-state index in [1.807, 2.05) is 6.07 Å². The van der Waals surface area contributed by atoms with Crippen LogP contribution < -0.4 is 5.32 Å². The maximum absolute atomic E-state index is 6.34. The minimum absolute atomic E-state index is 0.368. The molecule has 1 fully saturated rings. The minimum Gasteiger partial charge on any atom is -0.329 e. The van der Waals surface area contributed by atoms with Crippen molar-refractivity contribution in [2.24, 2.45) is 7.05 Å². The predicted octanol–water partition coefficient (Wildman–Crippen LogP) is 3.35. The van der Waals surface area contributed by atoms with Gasteiger partial charge in [-0.25, -0.2) is 4.98 Å². The Balaban J connectivity index is 2.13. The Morgan fingerprint density at radius 3 is 2.94 bits per heavy atom. The summed E-state index contributed by atoms with van der Waals surface area (Å²) in [4.78, 5) is 4.77. The summed E-state index contributed by atoms with van der Waals surface area (Å²) in [6.07, 6.45) is 3.70. The summed E-state index contributed by atoms with van der Waals surface area (Å²) >= 11 is 6.34. The molecule has 0 aliphatic carbocycles. The lowest BCUT2D eigenvalue weighted by molar-refractivity contribution is 0.392. The molecule has 2 aromatic rings. The van der Waals surface area contributed by atoms with Crippen LogP contribution in [0, 0.1) is 6.92 Å². The van der Waals surface area contributed by atoms with E-state index in [0.29, 0.717) is 6.04 Å². The summed E-state index contributed by atoms with van der Waals surface area (Å²) in [5, 5.41) is 4.34. The number of piperidine rings is 1. The second-order valence-corrected chi connectivity index (χ2v) is 5.55. The van der Waals surface area contributed by atoms with Crippen LogP contribution in [0.2, 0.25) is 5.02 Å². The van der Waals surface area contributed by atoms with Crippen LogP contribution in [0.15, 0.2) is 12.1 Å². The molecule has 2 heterocycles. The number of halogens is 1. The Hall–Kier alpha value is -1.06. The third-order valence-corrected chi connectivity index (χ3v) is 4.01. The van der Waals surface area contributed by atoms with Gasteiger partial charge in [-0.05, 0) is 44.0 Å². The predicted molar refractivity (Wildman–Crippen MR) is 75.1 cm³/mol. The maximum atomic E-state index is 6.34. The standard InChI is InChI=1S/C14H18ClN3/c1-9-7-10(15)13-12(8-9)17-14(18(13)2)11-5-3-4-6-16-11/h7-8,11,16H,3-6H2,1-2H3. The second-order valence-electron chi connectivity index (χ2n) is 5.15. The van der Waals surface area contributed by atoms with Crippen LogP contribution in [0.1, 0.15) is 36.7 Å². The highest BCUT2D eigenvalue weighted by molar-refractivity contribution is 6.35. The van der Waals surface area contributed by atoms with Crippen LogP contribution >= 0.6 is 11.6 Å². The van der Waals surface area contributed by atoms with Crippen LogP contribution in [0.4, 0.5) is 0 Å². The molecule has 96 valence electrons. The van der Waals surface area contributed by atoms with Gasteiger partial charge in [0.05, 0.1) is 22.1 Å².